The van der Waals surface area contributed by atoms with Crippen molar-refractivity contribution in [3.8, 4) is 11.5 Å². The molecule has 3 rings (SSSR count). The van der Waals surface area contributed by atoms with E-state index in [4.69, 9.17) is 9.15 Å². The lowest BCUT2D eigenvalue weighted by molar-refractivity contribution is -0.0235. The summed E-state index contributed by atoms with van der Waals surface area (Å²) in [5.41, 5.74) is 0.955. The number of benzene rings is 1. The van der Waals surface area contributed by atoms with Crippen LogP contribution in [0.25, 0.3) is 11.5 Å². The fraction of sp³-hybridized carbons (Fsp3) is 0.429. The molecule has 1 saturated heterocycles. The van der Waals surface area contributed by atoms with Crippen molar-refractivity contribution in [3.05, 3.63) is 36.2 Å². The number of hydrogen-bond acceptors (Lipinski definition) is 5. The predicted molar refractivity (Wildman–Crippen MR) is 70.4 cm³/mol. The third kappa shape index (κ3) is 3.00. The Kier molecular flexibility index (Phi) is 3.57. The second kappa shape index (κ2) is 5.50. The van der Waals surface area contributed by atoms with Gasteiger partial charge in [-0.3, -0.25) is 4.90 Å². The predicted octanol–water partition coefficient (Wildman–Crippen LogP) is 1.96. The fourth-order valence-electron chi connectivity index (χ4n) is 2.24. The van der Waals surface area contributed by atoms with Crippen LogP contribution in [0, 0.1) is 0 Å². The van der Waals surface area contributed by atoms with Crippen LogP contribution < -0.4 is 0 Å². The van der Waals surface area contributed by atoms with Gasteiger partial charge in [0.2, 0.25) is 11.8 Å². The number of hydrogen-bond donors (Lipinski definition) is 0. The monoisotopic (exact) mass is 259 g/mol. The Morgan fingerprint density at radius 1 is 1.26 bits per heavy atom. The molecule has 0 aliphatic carbocycles. The van der Waals surface area contributed by atoms with Crippen molar-refractivity contribution in [1.82, 2.24) is 15.1 Å². The maximum absolute atomic E-state index is 5.70. The molecule has 5 heteroatoms. The first-order chi connectivity index (χ1) is 9.31. The molecule has 0 saturated carbocycles. The summed E-state index contributed by atoms with van der Waals surface area (Å²) >= 11 is 0. The zero-order chi connectivity index (χ0) is 13.1. The lowest BCUT2D eigenvalue weighted by Crippen LogP contribution is -2.40. The SMILES string of the molecule is CC1CN(Cc2nnc(-c3ccccc3)o2)CCO1. The molecule has 1 unspecified atom stereocenters. The molecule has 2 aromatic rings. The standard InChI is InChI=1S/C14H17N3O2/c1-11-9-17(7-8-18-11)10-13-15-16-14(19-13)12-5-3-2-4-6-12/h2-6,11H,7-10H2,1H3. The van der Waals surface area contributed by atoms with Crippen molar-refractivity contribution in [2.45, 2.75) is 19.6 Å². The molecule has 1 atom stereocenters. The molecular formula is C14H17N3O2. The zero-order valence-corrected chi connectivity index (χ0v) is 11.0. The van der Waals surface area contributed by atoms with Crippen molar-refractivity contribution in [3.63, 3.8) is 0 Å². The largest absolute Gasteiger partial charge is 0.419 e. The van der Waals surface area contributed by atoms with Crippen LogP contribution in [-0.2, 0) is 11.3 Å². The number of rotatable bonds is 3. The van der Waals surface area contributed by atoms with Crippen LogP contribution in [0.5, 0.6) is 0 Å². The lowest BCUT2D eigenvalue weighted by atomic mass is 10.2. The lowest BCUT2D eigenvalue weighted by Gasteiger charge is -2.29. The van der Waals surface area contributed by atoms with Gasteiger partial charge < -0.3 is 9.15 Å². The smallest absolute Gasteiger partial charge is 0.247 e. The van der Waals surface area contributed by atoms with Gasteiger partial charge in [-0.2, -0.15) is 0 Å². The Balaban J connectivity index is 1.68. The maximum atomic E-state index is 5.70. The zero-order valence-electron chi connectivity index (χ0n) is 11.0. The van der Waals surface area contributed by atoms with Crippen LogP contribution in [0.2, 0.25) is 0 Å². The summed E-state index contributed by atoms with van der Waals surface area (Å²) in [6, 6.07) is 9.82. The van der Waals surface area contributed by atoms with E-state index in [1.165, 1.54) is 0 Å². The van der Waals surface area contributed by atoms with Crippen molar-refractivity contribution in [1.29, 1.82) is 0 Å². The molecule has 0 radical (unpaired) electrons. The van der Waals surface area contributed by atoms with E-state index in [9.17, 15) is 0 Å². The second-order valence-electron chi connectivity index (χ2n) is 4.78. The van der Waals surface area contributed by atoms with E-state index in [-0.39, 0.29) is 6.10 Å². The Hall–Kier alpha value is -1.72. The Bertz CT molecular complexity index is 526. The van der Waals surface area contributed by atoms with Gasteiger partial charge in [-0.25, -0.2) is 0 Å². The first kappa shape index (κ1) is 12.3. The van der Waals surface area contributed by atoms with Gasteiger partial charge in [-0.1, -0.05) is 18.2 Å². The van der Waals surface area contributed by atoms with E-state index < -0.39 is 0 Å². The molecule has 1 aliphatic heterocycles. The average Bonchev–Trinajstić information content (AvgIpc) is 2.88. The molecule has 5 nitrogen and oxygen atoms in total. The summed E-state index contributed by atoms with van der Waals surface area (Å²) in [5.74, 6) is 1.24. The molecular weight excluding hydrogens is 242 g/mol. The summed E-state index contributed by atoms with van der Waals surface area (Å²) in [7, 11) is 0. The maximum Gasteiger partial charge on any atom is 0.247 e. The van der Waals surface area contributed by atoms with Crippen LogP contribution in [0.15, 0.2) is 34.7 Å². The number of nitrogens with zero attached hydrogens (tertiary/aromatic N) is 3. The van der Waals surface area contributed by atoms with Gasteiger partial charge >= 0.3 is 0 Å². The Morgan fingerprint density at radius 2 is 2.11 bits per heavy atom. The molecule has 1 fully saturated rings. The average molecular weight is 259 g/mol. The summed E-state index contributed by atoms with van der Waals surface area (Å²) < 4.78 is 11.2. The van der Waals surface area contributed by atoms with Gasteiger partial charge in [0.15, 0.2) is 0 Å². The van der Waals surface area contributed by atoms with Crippen molar-refractivity contribution in [2.24, 2.45) is 0 Å². The summed E-state index contributed by atoms with van der Waals surface area (Å²) in [4.78, 5) is 2.27. The Morgan fingerprint density at radius 3 is 2.89 bits per heavy atom. The minimum Gasteiger partial charge on any atom is -0.419 e. The van der Waals surface area contributed by atoms with Crippen LogP contribution in [-0.4, -0.2) is 40.9 Å². The van der Waals surface area contributed by atoms with Gasteiger partial charge in [-0.05, 0) is 19.1 Å². The minimum atomic E-state index is 0.269. The van der Waals surface area contributed by atoms with Crippen molar-refractivity contribution in [2.75, 3.05) is 19.7 Å². The minimum absolute atomic E-state index is 0.269. The van der Waals surface area contributed by atoms with Crippen molar-refractivity contribution >= 4 is 0 Å². The summed E-state index contributed by atoms with van der Waals surface area (Å²) in [6.45, 7) is 5.35. The highest BCUT2D eigenvalue weighted by Gasteiger charge is 2.19. The summed E-state index contributed by atoms with van der Waals surface area (Å²) in [5, 5.41) is 8.21. The highest BCUT2D eigenvalue weighted by atomic mass is 16.5. The fourth-order valence-corrected chi connectivity index (χ4v) is 2.24. The second-order valence-corrected chi connectivity index (χ2v) is 4.78. The molecule has 0 spiro atoms. The van der Waals surface area contributed by atoms with Gasteiger partial charge in [0.25, 0.3) is 0 Å². The van der Waals surface area contributed by atoms with Gasteiger partial charge in [0.1, 0.15) is 0 Å². The Labute approximate surface area is 112 Å². The molecule has 1 aliphatic rings. The quantitative estimate of drug-likeness (QED) is 0.843. The third-order valence-corrected chi connectivity index (χ3v) is 3.17. The first-order valence-electron chi connectivity index (χ1n) is 6.53. The molecule has 1 aromatic carbocycles. The molecule has 100 valence electrons. The van der Waals surface area contributed by atoms with E-state index >= 15 is 0 Å². The topological polar surface area (TPSA) is 51.4 Å². The van der Waals surface area contributed by atoms with Crippen LogP contribution >= 0.6 is 0 Å². The van der Waals surface area contributed by atoms with E-state index in [2.05, 4.69) is 22.0 Å². The van der Waals surface area contributed by atoms with Crippen LogP contribution in [0.4, 0.5) is 0 Å². The molecule has 2 heterocycles. The highest BCUT2D eigenvalue weighted by Crippen LogP contribution is 2.18. The molecule has 0 bridgehead atoms. The molecule has 19 heavy (non-hydrogen) atoms. The highest BCUT2D eigenvalue weighted by molar-refractivity contribution is 5.51. The number of aromatic nitrogens is 2. The molecule has 0 N–H and O–H groups in total. The molecule has 1 aromatic heterocycles. The van der Waals surface area contributed by atoms with E-state index in [0.717, 1.165) is 25.3 Å². The van der Waals surface area contributed by atoms with Gasteiger partial charge in [0, 0.05) is 18.7 Å². The summed E-state index contributed by atoms with van der Waals surface area (Å²) in [6.07, 6.45) is 0.269. The number of ether oxygens (including phenoxy) is 1. The number of morpholine rings is 1. The molecule has 0 amide bonds. The van der Waals surface area contributed by atoms with Crippen LogP contribution in [0.3, 0.4) is 0 Å². The van der Waals surface area contributed by atoms with Gasteiger partial charge in [-0.15, -0.1) is 10.2 Å². The normalized spacial score (nSPS) is 20.6. The third-order valence-electron chi connectivity index (χ3n) is 3.17. The van der Waals surface area contributed by atoms with E-state index in [1.54, 1.807) is 0 Å². The van der Waals surface area contributed by atoms with Crippen molar-refractivity contribution < 1.29 is 9.15 Å². The van der Waals surface area contributed by atoms with Gasteiger partial charge in [0.05, 0.1) is 19.3 Å². The van der Waals surface area contributed by atoms with E-state index in [1.807, 2.05) is 30.3 Å². The first-order valence-corrected chi connectivity index (χ1v) is 6.53. The van der Waals surface area contributed by atoms with E-state index in [0.29, 0.717) is 18.3 Å². The van der Waals surface area contributed by atoms with Crippen LogP contribution in [0.1, 0.15) is 12.8 Å².